The molecule has 2 nitrogen and oxygen atoms in total. The van der Waals surface area contributed by atoms with Gasteiger partial charge in [0.2, 0.25) is 0 Å². The first-order valence-corrected chi connectivity index (χ1v) is 12.8. The number of ketones is 1. The van der Waals surface area contributed by atoms with Crippen LogP contribution in [0.15, 0.2) is 140 Å². The maximum Gasteiger partial charge on any atom is 0.193 e. The van der Waals surface area contributed by atoms with Crippen molar-refractivity contribution in [1.82, 2.24) is 0 Å². The first-order valence-electron chi connectivity index (χ1n) is 12.8. The van der Waals surface area contributed by atoms with Crippen LogP contribution in [0.2, 0.25) is 0 Å². The van der Waals surface area contributed by atoms with Crippen LogP contribution in [0.4, 0.5) is 0 Å². The largest absolute Gasteiger partial charge is 0.376 e. The summed E-state index contributed by atoms with van der Waals surface area (Å²) in [5.41, 5.74) is 5.62. The van der Waals surface area contributed by atoms with Gasteiger partial charge < -0.3 is 5.11 Å². The molecule has 0 heterocycles. The Morgan fingerprint density at radius 1 is 0.421 bits per heavy atom. The lowest BCUT2D eigenvalue weighted by Gasteiger charge is -2.38. The van der Waals surface area contributed by atoms with Crippen LogP contribution in [0.25, 0.3) is 33.0 Å². The van der Waals surface area contributed by atoms with Crippen LogP contribution in [0.1, 0.15) is 32.6 Å². The van der Waals surface area contributed by atoms with Crippen molar-refractivity contribution in [1.29, 1.82) is 0 Å². The Labute approximate surface area is 221 Å². The van der Waals surface area contributed by atoms with Crippen LogP contribution < -0.4 is 0 Å². The molecule has 0 amide bonds. The fourth-order valence-corrected chi connectivity index (χ4v) is 5.83. The van der Waals surface area contributed by atoms with Crippen LogP contribution >= 0.6 is 0 Å². The van der Waals surface area contributed by atoms with Gasteiger partial charge in [0.1, 0.15) is 5.60 Å². The molecule has 38 heavy (non-hydrogen) atoms. The van der Waals surface area contributed by atoms with Crippen molar-refractivity contribution < 1.29 is 9.90 Å². The van der Waals surface area contributed by atoms with E-state index in [0.717, 1.165) is 38.6 Å². The summed E-state index contributed by atoms with van der Waals surface area (Å²) in [4.78, 5) is 13.8. The minimum absolute atomic E-state index is 0.0619. The summed E-state index contributed by atoms with van der Waals surface area (Å²) in [5, 5.41) is 14.9. The lowest BCUT2D eigenvalue weighted by molar-refractivity contribution is 0.0951. The second kappa shape index (κ2) is 8.65. The van der Waals surface area contributed by atoms with Gasteiger partial charge in [-0.3, -0.25) is 4.79 Å². The third-order valence-corrected chi connectivity index (χ3v) is 7.68. The Morgan fingerprint density at radius 2 is 1.00 bits per heavy atom. The van der Waals surface area contributed by atoms with Gasteiger partial charge in [-0.15, -0.1) is 0 Å². The predicted molar refractivity (Wildman–Crippen MR) is 153 cm³/mol. The van der Waals surface area contributed by atoms with E-state index in [1.807, 2.05) is 103 Å². The van der Waals surface area contributed by atoms with Crippen LogP contribution in [-0.4, -0.2) is 10.9 Å². The summed E-state index contributed by atoms with van der Waals surface area (Å²) < 4.78 is 0. The third kappa shape index (κ3) is 3.35. The molecule has 2 heteroatoms. The Balaban J connectivity index is 1.58. The zero-order valence-electron chi connectivity index (χ0n) is 20.6. The smallest absolute Gasteiger partial charge is 0.193 e. The summed E-state index contributed by atoms with van der Waals surface area (Å²) >= 11 is 0. The number of carbonyl (C=O) groups excluding carboxylic acids is 1. The summed E-state index contributed by atoms with van der Waals surface area (Å²) in [6.45, 7) is 0. The van der Waals surface area contributed by atoms with Gasteiger partial charge >= 0.3 is 0 Å². The van der Waals surface area contributed by atoms with E-state index >= 15 is 0 Å². The van der Waals surface area contributed by atoms with Gasteiger partial charge in [0.25, 0.3) is 0 Å². The minimum Gasteiger partial charge on any atom is -0.376 e. The number of rotatable bonds is 3. The highest BCUT2D eigenvalue weighted by atomic mass is 16.3. The second-order valence-electron chi connectivity index (χ2n) is 9.82. The standard InChI is InChI=1S/C36H24O2/c37-35-29-17-9-10-18-32(29)36(38,34-23-27-16-8-7-15-26(27)22-31(34)35)33-20-19-28(24-11-3-1-4-12-24)21-30(33)25-13-5-2-6-14-25/h1-23,38H. The normalized spacial score (nSPS) is 16.2. The molecule has 0 bridgehead atoms. The number of hydrogen-bond donors (Lipinski definition) is 1. The first kappa shape index (κ1) is 22.4. The average Bonchev–Trinajstić information content (AvgIpc) is 3.00. The minimum atomic E-state index is -1.52. The van der Waals surface area contributed by atoms with Gasteiger partial charge in [-0.2, -0.15) is 0 Å². The van der Waals surface area contributed by atoms with Crippen LogP contribution in [0.3, 0.4) is 0 Å². The highest BCUT2D eigenvalue weighted by molar-refractivity contribution is 6.15. The average molecular weight is 489 g/mol. The zero-order valence-corrected chi connectivity index (χ0v) is 20.6. The molecule has 1 aliphatic carbocycles. The van der Waals surface area contributed by atoms with E-state index < -0.39 is 5.60 Å². The monoisotopic (exact) mass is 488 g/mol. The molecule has 7 rings (SSSR count). The van der Waals surface area contributed by atoms with E-state index in [-0.39, 0.29) is 5.78 Å². The summed E-state index contributed by atoms with van der Waals surface area (Å²) in [5.74, 6) is -0.0619. The van der Waals surface area contributed by atoms with E-state index in [2.05, 4.69) is 36.4 Å². The van der Waals surface area contributed by atoms with Gasteiger partial charge in [0.15, 0.2) is 5.78 Å². The quantitative estimate of drug-likeness (QED) is 0.274. The molecule has 180 valence electrons. The molecule has 0 saturated heterocycles. The van der Waals surface area contributed by atoms with Crippen molar-refractivity contribution in [3.05, 3.63) is 167 Å². The molecular formula is C36H24O2. The topological polar surface area (TPSA) is 37.3 Å². The van der Waals surface area contributed by atoms with E-state index in [4.69, 9.17) is 0 Å². The third-order valence-electron chi connectivity index (χ3n) is 7.68. The fraction of sp³-hybridized carbons (Fsp3) is 0.0278. The van der Waals surface area contributed by atoms with Gasteiger partial charge in [0.05, 0.1) is 0 Å². The number of benzene rings is 6. The summed E-state index contributed by atoms with van der Waals surface area (Å²) in [7, 11) is 0. The Kier molecular flexibility index (Phi) is 5.10. The van der Waals surface area contributed by atoms with E-state index in [0.29, 0.717) is 22.3 Å². The maximum atomic E-state index is 13.8. The predicted octanol–water partition coefficient (Wildman–Crippen LogP) is 8.00. The van der Waals surface area contributed by atoms with Crippen molar-refractivity contribution in [2.75, 3.05) is 0 Å². The van der Waals surface area contributed by atoms with Gasteiger partial charge in [-0.05, 0) is 51.2 Å². The van der Waals surface area contributed by atoms with Crippen molar-refractivity contribution in [2.24, 2.45) is 0 Å². The summed E-state index contributed by atoms with van der Waals surface area (Å²) in [6, 6.07) is 46.0. The van der Waals surface area contributed by atoms with Crippen LogP contribution in [0, 0.1) is 0 Å². The number of fused-ring (bicyclic) bond motifs is 3. The molecule has 1 N–H and O–H groups in total. The molecule has 0 aliphatic heterocycles. The van der Waals surface area contributed by atoms with Crippen LogP contribution in [-0.2, 0) is 5.60 Å². The second-order valence-corrected chi connectivity index (χ2v) is 9.82. The molecular weight excluding hydrogens is 464 g/mol. The molecule has 1 unspecified atom stereocenters. The molecule has 6 aromatic carbocycles. The Morgan fingerprint density at radius 3 is 1.74 bits per heavy atom. The fourth-order valence-electron chi connectivity index (χ4n) is 5.83. The van der Waals surface area contributed by atoms with E-state index in [9.17, 15) is 9.90 Å². The zero-order chi connectivity index (χ0) is 25.7. The molecule has 1 atom stereocenters. The van der Waals surface area contributed by atoms with Crippen molar-refractivity contribution in [2.45, 2.75) is 5.60 Å². The number of aliphatic hydroxyl groups is 1. The highest BCUT2D eigenvalue weighted by Gasteiger charge is 2.45. The van der Waals surface area contributed by atoms with E-state index in [1.165, 1.54) is 0 Å². The Bertz CT molecular complexity index is 1840. The van der Waals surface area contributed by atoms with Crippen molar-refractivity contribution in [3.8, 4) is 22.3 Å². The van der Waals surface area contributed by atoms with E-state index in [1.54, 1.807) is 0 Å². The molecule has 0 aromatic heterocycles. The van der Waals surface area contributed by atoms with Crippen LogP contribution in [0.5, 0.6) is 0 Å². The maximum absolute atomic E-state index is 13.8. The molecule has 0 radical (unpaired) electrons. The van der Waals surface area contributed by atoms with Gasteiger partial charge in [-0.1, -0.05) is 121 Å². The number of hydrogen-bond acceptors (Lipinski definition) is 2. The first-order chi connectivity index (χ1) is 18.6. The molecule has 1 aliphatic rings. The lowest BCUT2D eigenvalue weighted by atomic mass is 9.68. The number of carbonyl (C=O) groups is 1. The van der Waals surface area contributed by atoms with Crippen molar-refractivity contribution in [3.63, 3.8) is 0 Å². The van der Waals surface area contributed by atoms with Gasteiger partial charge in [0, 0.05) is 27.8 Å². The lowest BCUT2D eigenvalue weighted by Crippen LogP contribution is -2.37. The molecule has 0 saturated carbocycles. The molecule has 0 spiro atoms. The SMILES string of the molecule is O=C1c2ccccc2C(O)(c2ccc(-c3ccccc3)cc2-c2ccccc2)c2cc3ccccc3cc21. The van der Waals surface area contributed by atoms with Crippen molar-refractivity contribution >= 4 is 16.6 Å². The summed E-state index contributed by atoms with van der Waals surface area (Å²) in [6.07, 6.45) is 0. The molecule has 0 fully saturated rings. The van der Waals surface area contributed by atoms with Gasteiger partial charge in [-0.25, -0.2) is 0 Å². The Hall–Kier alpha value is -4.79. The highest BCUT2D eigenvalue weighted by Crippen LogP contribution is 2.48. The molecule has 6 aromatic rings.